The topological polar surface area (TPSA) is 46.3 Å². The SMILES string of the molecule is CCSC1CCC(N(C)C(=O)[C@@H](C)N)C1.Cl. The van der Waals surface area contributed by atoms with Crippen LogP contribution in [-0.4, -0.2) is 40.9 Å². The number of nitrogens with two attached hydrogens (primary N) is 1. The summed E-state index contributed by atoms with van der Waals surface area (Å²) in [4.78, 5) is 13.5. The van der Waals surface area contributed by atoms with Crippen molar-refractivity contribution in [2.45, 2.75) is 50.4 Å². The summed E-state index contributed by atoms with van der Waals surface area (Å²) in [6.45, 7) is 3.95. The normalized spacial score (nSPS) is 26.0. The van der Waals surface area contributed by atoms with Gasteiger partial charge in [0, 0.05) is 18.3 Å². The predicted octanol–water partition coefficient (Wildman–Crippen LogP) is 1.89. The van der Waals surface area contributed by atoms with Crippen LogP contribution in [0.1, 0.15) is 33.1 Å². The second kappa shape index (κ2) is 7.41. The van der Waals surface area contributed by atoms with Gasteiger partial charge in [0.15, 0.2) is 0 Å². The van der Waals surface area contributed by atoms with Gasteiger partial charge in [-0.2, -0.15) is 11.8 Å². The highest BCUT2D eigenvalue weighted by atomic mass is 35.5. The van der Waals surface area contributed by atoms with Crippen molar-refractivity contribution in [3.63, 3.8) is 0 Å². The summed E-state index contributed by atoms with van der Waals surface area (Å²) in [6, 6.07) is 0.0421. The van der Waals surface area contributed by atoms with Gasteiger partial charge < -0.3 is 10.6 Å². The van der Waals surface area contributed by atoms with Crippen LogP contribution in [0, 0.1) is 0 Å². The van der Waals surface area contributed by atoms with Crippen molar-refractivity contribution in [3.8, 4) is 0 Å². The van der Waals surface area contributed by atoms with Crippen molar-refractivity contribution in [2.24, 2.45) is 5.73 Å². The van der Waals surface area contributed by atoms with Crippen LogP contribution < -0.4 is 5.73 Å². The standard InChI is InChI=1S/C11H22N2OS.ClH/c1-4-15-10-6-5-9(7-10)13(3)11(14)8(2)12;/h8-10H,4-7,12H2,1-3H3;1H/t8-,9?,10?;/m1./s1. The summed E-state index contributed by atoms with van der Waals surface area (Å²) >= 11 is 2.01. The van der Waals surface area contributed by atoms with Crippen molar-refractivity contribution < 1.29 is 4.79 Å². The minimum absolute atomic E-state index is 0. The Balaban J connectivity index is 0.00000225. The van der Waals surface area contributed by atoms with Gasteiger partial charge in [-0.05, 0) is 31.9 Å². The first kappa shape index (κ1) is 16.1. The number of thioether (sulfide) groups is 1. The first-order valence-electron chi connectivity index (χ1n) is 5.70. The van der Waals surface area contributed by atoms with Crippen LogP contribution in [0.15, 0.2) is 0 Å². The van der Waals surface area contributed by atoms with E-state index in [1.54, 1.807) is 6.92 Å². The fourth-order valence-corrected chi connectivity index (χ4v) is 3.29. The molecule has 16 heavy (non-hydrogen) atoms. The fourth-order valence-electron chi connectivity index (χ4n) is 2.16. The van der Waals surface area contributed by atoms with Crippen molar-refractivity contribution in [2.75, 3.05) is 12.8 Å². The smallest absolute Gasteiger partial charge is 0.239 e. The van der Waals surface area contributed by atoms with Crippen molar-refractivity contribution in [3.05, 3.63) is 0 Å². The predicted molar refractivity (Wildman–Crippen MR) is 73.2 cm³/mol. The summed E-state index contributed by atoms with van der Waals surface area (Å²) < 4.78 is 0. The minimum atomic E-state index is -0.368. The zero-order valence-electron chi connectivity index (χ0n) is 10.3. The molecule has 0 aromatic heterocycles. The molecule has 96 valence electrons. The highest BCUT2D eigenvalue weighted by Gasteiger charge is 2.30. The molecule has 2 unspecified atom stereocenters. The van der Waals surface area contributed by atoms with E-state index in [1.165, 1.54) is 12.2 Å². The summed E-state index contributed by atoms with van der Waals surface area (Å²) in [5.74, 6) is 1.24. The number of rotatable bonds is 4. The van der Waals surface area contributed by atoms with Gasteiger partial charge in [-0.25, -0.2) is 0 Å². The molecule has 2 N–H and O–H groups in total. The number of nitrogens with zero attached hydrogens (tertiary/aromatic N) is 1. The molecule has 0 aliphatic heterocycles. The maximum absolute atomic E-state index is 11.7. The Morgan fingerprint density at radius 2 is 2.19 bits per heavy atom. The van der Waals surface area contributed by atoms with E-state index >= 15 is 0 Å². The molecule has 1 aliphatic rings. The Morgan fingerprint density at radius 3 is 2.69 bits per heavy atom. The largest absolute Gasteiger partial charge is 0.341 e. The molecular weight excluding hydrogens is 244 g/mol. The zero-order chi connectivity index (χ0) is 11.4. The van der Waals surface area contributed by atoms with Gasteiger partial charge in [0.05, 0.1) is 6.04 Å². The first-order valence-corrected chi connectivity index (χ1v) is 6.75. The molecule has 3 atom stereocenters. The summed E-state index contributed by atoms with van der Waals surface area (Å²) in [5, 5.41) is 0.739. The van der Waals surface area contributed by atoms with Gasteiger partial charge in [-0.15, -0.1) is 12.4 Å². The minimum Gasteiger partial charge on any atom is -0.341 e. The van der Waals surface area contributed by atoms with Crippen LogP contribution in [0.25, 0.3) is 0 Å². The molecule has 0 aromatic carbocycles. The van der Waals surface area contributed by atoms with Crippen LogP contribution in [0.4, 0.5) is 0 Å². The van der Waals surface area contributed by atoms with Crippen molar-refractivity contribution in [1.29, 1.82) is 0 Å². The third-order valence-electron chi connectivity index (χ3n) is 3.04. The molecule has 0 bridgehead atoms. The van der Waals surface area contributed by atoms with E-state index < -0.39 is 0 Å². The number of carbonyl (C=O) groups is 1. The van der Waals surface area contributed by atoms with Crippen LogP contribution in [0.3, 0.4) is 0 Å². The van der Waals surface area contributed by atoms with E-state index in [4.69, 9.17) is 5.73 Å². The average molecular weight is 267 g/mol. The van der Waals surface area contributed by atoms with Crippen LogP contribution in [-0.2, 0) is 4.79 Å². The van der Waals surface area contributed by atoms with E-state index in [0.29, 0.717) is 6.04 Å². The third kappa shape index (κ3) is 4.15. The number of likely N-dealkylation sites (N-methyl/N-ethyl adjacent to an activating group) is 1. The Morgan fingerprint density at radius 1 is 1.56 bits per heavy atom. The Kier molecular flexibility index (Phi) is 7.44. The molecule has 1 aliphatic carbocycles. The number of halogens is 1. The van der Waals surface area contributed by atoms with E-state index in [2.05, 4.69) is 6.92 Å². The molecule has 3 nitrogen and oxygen atoms in total. The lowest BCUT2D eigenvalue weighted by Crippen LogP contribution is -2.44. The number of carbonyl (C=O) groups excluding carboxylic acids is 1. The second-order valence-corrected chi connectivity index (χ2v) is 5.86. The van der Waals surface area contributed by atoms with Gasteiger partial charge >= 0.3 is 0 Å². The van der Waals surface area contributed by atoms with Crippen LogP contribution in [0.2, 0.25) is 0 Å². The molecule has 0 saturated heterocycles. The van der Waals surface area contributed by atoms with Crippen LogP contribution in [0.5, 0.6) is 0 Å². The van der Waals surface area contributed by atoms with Gasteiger partial charge in [0.1, 0.15) is 0 Å². The highest BCUT2D eigenvalue weighted by molar-refractivity contribution is 7.99. The molecule has 1 amide bonds. The van der Waals surface area contributed by atoms with Gasteiger partial charge in [-0.3, -0.25) is 4.79 Å². The van der Waals surface area contributed by atoms with Crippen molar-refractivity contribution in [1.82, 2.24) is 4.90 Å². The number of amides is 1. The monoisotopic (exact) mass is 266 g/mol. The maximum Gasteiger partial charge on any atom is 0.239 e. The van der Waals surface area contributed by atoms with E-state index in [-0.39, 0.29) is 24.4 Å². The Bertz CT molecular complexity index is 226. The quantitative estimate of drug-likeness (QED) is 0.845. The summed E-state index contributed by atoms with van der Waals surface area (Å²) in [5.41, 5.74) is 5.60. The fraction of sp³-hybridized carbons (Fsp3) is 0.909. The van der Waals surface area contributed by atoms with E-state index in [0.717, 1.165) is 18.1 Å². The Labute approximate surface area is 109 Å². The molecule has 1 saturated carbocycles. The second-order valence-electron chi connectivity index (χ2n) is 4.28. The molecule has 1 rings (SSSR count). The molecular formula is C11H23ClN2OS. The maximum atomic E-state index is 11.7. The van der Waals surface area contributed by atoms with Gasteiger partial charge in [-0.1, -0.05) is 6.92 Å². The van der Waals surface area contributed by atoms with Gasteiger partial charge in [0.25, 0.3) is 0 Å². The summed E-state index contributed by atoms with van der Waals surface area (Å²) in [7, 11) is 1.88. The number of hydrogen-bond acceptors (Lipinski definition) is 3. The lowest BCUT2D eigenvalue weighted by Gasteiger charge is -2.26. The van der Waals surface area contributed by atoms with Gasteiger partial charge in [0.2, 0.25) is 5.91 Å². The Hall–Kier alpha value is 0.0700. The highest BCUT2D eigenvalue weighted by Crippen LogP contribution is 2.32. The third-order valence-corrected chi connectivity index (χ3v) is 4.28. The molecule has 0 radical (unpaired) electrons. The van der Waals surface area contributed by atoms with Crippen LogP contribution >= 0.6 is 24.2 Å². The average Bonchev–Trinajstić information content (AvgIpc) is 2.64. The first-order chi connectivity index (χ1) is 7.06. The molecule has 0 aromatic rings. The zero-order valence-corrected chi connectivity index (χ0v) is 11.9. The summed E-state index contributed by atoms with van der Waals surface area (Å²) in [6.07, 6.45) is 3.50. The van der Waals surface area contributed by atoms with Crippen molar-refractivity contribution >= 4 is 30.1 Å². The lowest BCUT2D eigenvalue weighted by atomic mass is 10.2. The molecule has 1 fully saturated rings. The lowest BCUT2D eigenvalue weighted by molar-refractivity contribution is -0.132. The molecule has 0 heterocycles. The van der Waals surface area contributed by atoms with E-state index in [9.17, 15) is 4.79 Å². The molecule has 5 heteroatoms. The molecule has 0 spiro atoms. The number of hydrogen-bond donors (Lipinski definition) is 1. The van der Waals surface area contributed by atoms with E-state index in [1.807, 2.05) is 23.7 Å².